The molecular formula is C11H18N2O3. The van der Waals surface area contributed by atoms with Gasteiger partial charge in [0.15, 0.2) is 0 Å². The van der Waals surface area contributed by atoms with Crippen LogP contribution in [0.3, 0.4) is 0 Å². The Balaban J connectivity index is 4.04. The van der Waals surface area contributed by atoms with Crippen molar-refractivity contribution in [1.29, 1.82) is 0 Å². The predicted octanol–water partition coefficient (Wildman–Crippen LogP) is 0.808. The van der Waals surface area contributed by atoms with Gasteiger partial charge in [0.25, 0.3) is 0 Å². The van der Waals surface area contributed by atoms with Crippen molar-refractivity contribution in [3.8, 4) is 12.3 Å². The second kappa shape index (κ2) is 7.57. The summed E-state index contributed by atoms with van der Waals surface area (Å²) in [5.74, 6) is 1.55. The highest BCUT2D eigenvalue weighted by molar-refractivity contribution is 5.82. The van der Waals surface area contributed by atoms with Crippen LogP contribution in [0, 0.1) is 18.3 Å². The molecule has 0 aliphatic rings. The molecule has 0 saturated carbocycles. The lowest BCUT2D eigenvalue weighted by Crippen LogP contribution is -2.46. The summed E-state index contributed by atoms with van der Waals surface area (Å²) >= 11 is 0. The molecule has 0 aromatic carbocycles. The van der Waals surface area contributed by atoms with Crippen molar-refractivity contribution in [2.45, 2.75) is 32.7 Å². The van der Waals surface area contributed by atoms with Gasteiger partial charge in [-0.3, -0.25) is 0 Å². The summed E-state index contributed by atoms with van der Waals surface area (Å²) in [4.78, 5) is 22.1. The lowest BCUT2D eigenvalue weighted by atomic mass is 10.0. The lowest BCUT2D eigenvalue weighted by molar-refractivity contribution is -0.139. The molecule has 0 saturated heterocycles. The Bertz CT molecular complexity index is 281. The maximum absolute atomic E-state index is 11.3. The number of urea groups is 1. The first-order valence-electron chi connectivity index (χ1n) is 5.18. The summed E-state index contributed by atoms with van der Waals surface area (Å²) in [6, 6.07) is -1.35. The van der Waals surface area contributed by atoms with Gasteiger partial charge in [0, 0.05) is 13.0 Å². The predicted molar refractivity (Wildman–Crippen MR) is 60.9 cm³/mol. The number of hydrogen-bond acceptors (Lipinski definition) is 2. The Morgan fingerprint density at radius 2 is 2.06 bits per heavy atom. The molecule has 5 nitrogen and oxygen atoms in total. The van der Waals surface area contributed by atoms with Crippen molar-refractivity contribution >= 4 is 12.0 Å². The van der Waals surface area contributed by atoms with Crippen molar-refractivity contribution in [2.24, 2.45) is 5.92 Å². The van der Waals surface area contributed by atoms with Gasteiger partial charge in [-0.1, -0.05) is 13.8 Å². The topological polar surface area (TPSA) is 78.4 Å². The van der Waals surface area contributed by atoms with Gasteiger partial charge in [0.2, 0.25) is 0 Å². The van der Waals surface area contributed by atoms with Gasteiger partial charge in [-0.15, -0.1) is 12.3 Å². The Morgan fingerprint density at radius 3 is 2.50 bits per heavy atom. The number of nitrogens with one attached hydrogen (secondary N) is 2. The van der Waals surface area contributed by atoms with Crippen molar-refractivity contribution in [1.82, 2.24) is 10.6 Å². The van der Waals surface area contributed by atoms with E-state index in [0.717, 1.165) is 0 Å². The number of terminal acetylenes is 1. The Kier molecular flexibility index (Phi) is 6.77. The number of aliphatic carboxylic acids is 1. The minimum Gasteiger partial charge on any atom is -0.480 e. The number of carboxylic acids is 1. The molecule has 5 heteroatoms. The van der Waals surface area contributed by atoms with Gasteiger partial charge in [-0.05, 0) is 12.3 Å². The maximum Gasteiger partial charge on any atom is 0.326 e. The Hall–Kier alpha value is -1.70. The zero-order chi connectivity index (χ0) is 12.6. The largest absolute Gasteiger partial charge is 0.480 e. The molecule has 0 bridgehead atoms. The van der Waals surface area contributed by atoms with Crippen molar-refractivity contribution in [3.05, 3.63) is 0 Å². The molecule has 16 heavy (non-hydrogen) atoms. The molecule has 0 aliphatic carbocycles. The highest BCUT2D eigenvalue weighted by Crippen LogP contribution is 2.04. The first-order valence-corrected chi connectivity index (χ1v) is 5.18. The highest BCUT2D eigenvalue weighted by atomic mass is 16.4. The second-order valence-corrected chi connectivity index (χ2v) is 3.87. The van der Waals surface area contributed by atoms with Gasteiger partial charge in [0.05, 0.1) is 0 Å². The van der Waals surface area contributed by atoms with E-state index in [1.54, 1.807) is 0 Å². The van der Waals surface area contributed by atoms with Crippen molar-refractivity contribution in [2.75, 3.05) is 6.54 Å². The van der Waals surface area contributed by atoms with E-state index in [9.17, 15) is 9.59 Å². The SMILES string of the molecule is C#CCCNC(=O)N[C@H](CC(C)C)C(=O)O. The van der Waals surface area contributed by atoms with Crippen LogP contribution in [0.25, 0.3) is 0 Å². The number of rotatable bonds is 6. The monoisotopic (exact) mass is 226 g/mol. The normalized spacial score (nSPS) is 11.6. The Labute approximate surface area is 95.6 Å². The first-order chi connectivity index (χ1) is 7.47. The van der Waals surface area contributed by atoms with E-state index in [1.807, 2.05) is 13.8 Å². The fourth-order valence-electron chi connectivity index (χ4n) is 1.15. The molecule has 0 spiro atoms. The third-order valence-corrected chi connectivity index (χ3v) is 1.87. The summed E-state index contributed by atoms with van der Waals surface area (Å²) in [6.45, 7) is 4.14. The van der Waals surface area contributed by atoms with E-state index in [2.05, 4.69) is 16.6 Å². The summed E-state index contributed by atoms with van der Waals surface area (Å²) in [5.41, 5.74) is 0. The summed E-state index contributed by atoms with van der Waals surface area (Å²) in [5, 5.41) is 13.7. The Morgan fingerprint density at radius 1 is 1.44 bits per heavy atom. The second-order valence-electron chi connectivity index (χ2n) is 3.87. The van der Waals surface area contributed by atoms with Crippen molar-refractivity contribution < 1.29 is 14.7 Å². The minimum atomic E-state index is -1.03. The molecular weight excluding hydrogens is 208 g/mol. The van der Waals surface area contributed by atoms with Crippen LogP contribution in [0.5, 0.6) is 0 Å². The van der Waals surface area contributed by atoms with Gasteiger partial charge >= 0.3 is 12.0 Å². The van der Waals surface area contributed by atoms with Crippen LogP contribution in [-0.4, -0.2) is 29.7 Å². The number of carbonyl (C=O) groups is 2. The average molecular weight is 226 g/mol. The van der Waals surface area contributed by atoms with Crippen LogP contribution in [-0.2, 0) is 4.79 Å². The molecule has 0 fully saturated rings. The molecule has 0 heterocycles. The zero-order valence-corrected chi connectivity index (χ0v) is 9.62. The van der Waals surface area contributed by atoms with E-state index >= 15 is 0 Å². The molecule has 0 unspecified atom stereocenters. The van der Waals surface area contributed by atoms with E-state index in [1.165, 1.54) is 0 Å². The van der Waals surface area contributed by atoms with Gasteiger partial charge in [-0.25, -0.2) is 9.59 Å². The van der Waals surface area contributed by atoms with Gasteiger partial charge in [0.1, 0.15) is 6.04 Å². The molecule has 1 atom stereocenters. The van der Waals surface area contributed by atoms with Crippen LogP contribution in [0.2, 0.25) is 0 Å². The fourth-order valence-corrected chi connectivity index (χ4v) is 1.15. The summed E-state index contributed by atoms with van der Waals surface area (Å²) < 4.78 is 0. The number of amides is 2. The molecule has 0 aliphatic heterocycles. The van der Waals surface area contributed by atoms with Crippen LogP contribution in [0.15, 0.2) is 0 Å². The smallest absolute Gasteiger partial charge is 0.326 e. The van der Waals surface area contributed by atoms with Crippen LogP contribution < -0.4 is 10.6 Å². The molecule has 0 aromatic heterocycles. The third kappa shape index (κ3) is 6.71. The lowest BCUT2D eigenvalue weighted by Gasteiger charge is -2.16. The van der Waals surface area contributed by atoms with E-state index < -0.39 is 18.0 Å². The van der Waals surface area contributed by atoms with E-state index in [4.69, 9.17) is 11.5 Å². The standard InChI is InChI=1S/C11H18N2O3/c1-4-5-6-12-11(16)13-9(10(14)15)7-8(2)3/h1,8-9H,5-7H2,2-3H3,(H,14,15)(H2,12,13,16)/t9-/m1/s1. The average Bonchev–Trinajstić information content (AvgIpc) is 2.16. The first kappa shape index (κ1) is 14.3. The summed E-state index contributed by atoms with van der Waals surface area (Å²) in [6.07, 6.45) is 5.84. The van der Waals surface area contributed by atoms with E-state index in [-0.39, 0.29) is 5.92 Å². The molecule has 3 N–H and O–H groups in total. The third-order valence-electron chi connectivity index (χ3n) is 1.87. The van der Waals surface area contributed by atoms with Crippen LogP contribution >= 0.6 is 0 Å². The number of hydrogen-bond donors (Lipinski definition) is 3. The molecule has 0 aromatic rings. The van der Waals surface area contributed by atoms with Gasteiger partial charge < -0.3 is 15.7 Å². The van der Waals surface area contributed by atoms with Crippen LogP contribution in [0.1, 0.15) is 26.7 Å². The van der Waals surface area contributed by atoms with Gasteiger partial charge in [-0.2, -0.15) is 0 Å². The highest BCUT2D eigenvalue weighted by Gasteiger charge is 2.20. The fraction of sp³-hybridized carbons (Fsp3) is 0.636. The number of carboxylic acid groups (broad SMARTS) is 1. The molecule has 0 radical (unpaired) electrons. The zero-order valence-electron chi connectivity index (χ0n) is 9.62. The minimum absolute atomic E-state index is 0.201. The maximum atomic E-state index is 11.3. The molecule has 90 valence electrons. The number of carbonyl (C=O) groups excluding carboxylic acids is 1. The van der Waals surface area contributed by atoms with Crippen molar-refractivity contribution in [3.63, 3.8) is 0 Å². The van der Waals surface area contributed by atoms with Crippen LogP contribution in [0.4, 0.5) is 4.79 Å². The molecule has 0 rings (SSSR count). The molecule has 2 amide bonds. The summed E-state index contributed by atoms with van der Waals surface area (Å²) in [7, 11) is 0. The quantitative estimate of drug-likeness (QED) is 0.463. The van der Waals surface area contributed by atoms with E-state index in [0.29, 0.717) is 19.4 Å².